The number of hydrogen-bond acceptors (Lipinski definition) is 4. The van der Waals surface area contributed by atoms with E-state index >= 15 is 0 Å². The summed E-state index contributed by atoms with van der Waals surface area (Å²) in [6.45, 7) is 9.98. The van der Waals surface area contributed by atoms with Gasteiger partial charge >= 0.3 is 12.2 Å². The number of carbonyl (C=O) groups excluding carboxylic acids is 2. The second-order valence-electron chi connectivity index (χ2n) is 12.2. The van der Waals surface area contributed by atoms with Crippen molar-refractivity contribution in [2.45, 2.75) is 83.1 Å². The van der Waals surface area contributed by atoms with Gasteiger partial charge in [0.2, 0.25) is 0 Å². The fourth-order valence-electron chi connectivity index (χ4n) is 6.23. The number of fused-ring (bicyclic) bond motifs is 1. The maximum atomic E-state index is 13.7. The predicted molar refractivity (Wildman–Crippen MR) is 134 cm³/mol. The largest absolute Gasteiger partial charge is 0.444 e. The highest BCUT2D eigenvalue weighted by Crippen LogP contribution is 2.72. The smallest absolute Gasteiger partial charge is 0.411 e. The molecule has 4 aliphatic rings. The molecule has 0 radical (unpaired) electrons. The maximum Gasteiger partial charge on any atom is 0.411 e. The number of rotatable bonds is 4. The van der Waals surface area contributed by atoms with Crippen molar-refractivity contribution in [3.63, 3.8) is 0 Å². The summed E-state index contributed by atoms with van der Waals surface area (Å²) in [6, 6.07) is 14.1. The van der Waals surface area contributed by atoms with Gasteiger partial charge in [0.1, 0.15) is 17.0 Å². The molecule has 2 bridgehead atoms. The molecule has 1 heterocycles. The van der Waals surface area contributed by atoms with Crippen molar-refractivity contribution in [2.75, 3.05) is 6.54 Å². The second-order valence-corrected chi connectivity index (χ2v) is 12.2. The highest BCUT2D eigenvalue weighted by molar-refractivity contribution is 5.72. The first kappa shape index (κ1) is 24.6. The van der Waals surface area contributed by atoms with Crippen LogP contribution in [0, 0.1) is 11.2 Å². The molecule has 3 fully saturated rings. The van der Waals surface area contributed by atoms with Crippen molar-refractivity contribution < 1.29 is 23.5 Å². The van der Waals surface area contributed by atoms with E-state index in [0.29, 0.717) is 6.54 Å². The molecule has 1 aliphatic heterocycles. The van der Waals surface area contributed by atoms with Crippen molar-refractivity contribution in [2.24, 2.45) is 5.41 Å². The summed E-state index contributed by atoms with van der Waals surface area (Å²) in [4.78, 5) is 27.7. The quantitative estimate of drug-likeness (QED) is 0.555. The van der Waals surface area contributed by atoms with Gasteiger partial charge in [0.05, 0.1) is 6.04 Å². The highest BCUT2D eigenvalue weighted by atomic mass is 19.1. The van der Waals surface area contributed by atoms with Gasteiger partial charge in [-0.3, -0.25) is 4.90 Å². The fourth-order valence-corrected chi connectivity index (χ4v) is 6.23. The first-order chi connectivity index (χ1) is 16.8. The van der Waals surface area contributed by atoms with Gasteiger partial charge in [-0.05, 0) is 89.1 Å². The minimum absolute atomic E-state index is 0.170. The Labute approximate surface area is 212 Å². The Bertz CT molecular complexity index is 1160. The molecule has 1 atom stereocenters. The molecule has 0 unspecified atom stereocenters. The average Bonchev–Trinajstić information content (AvgIpc) is 2.73. The first-order valence-electron chi connectivity index (χ1n) is 12.7. The monoisotopic (exact) mass is 494 g/mol. The number of ether oxygens (including phenoxy) is 2. The van der Waals surface area contributed by atoms with Crippen LogP contribution < -0.4 is 5.32 Å². The molecule has 6 rings (SSSR count). The number of halogens is 1. The molecule has 3 saturated carbocycles. The minimum Gasteiger partial charge on any atom is -0.444 e. The van der Waals surface area contributed by atoms with Crippen LogP contribution in [-0.2, 0) is 15.9 Å². The van der Waals surface area contributed by atoms with Gasteiger partial charge in [-0.25, -0.2) is 14.0 Å². The van der Waals surface area contributed by atoms with E-state index in [4.69, 9.17) is 9.47 Å². The summed E-state index contributed by atoms with van der Waals surface area (Å²) in [5, 5.41) is 3.03. The topological polar surface area (TPSA) is 67.9 Å². The van der Waals surface area contributed by atoms with Gasteiger partial charge in [-0.2, -0.15) is 0 Å². The molecule has 6 nitrogen and oxygen atoms in total. The van der Waals surface area contributed by atoms with Gasteiger partial charge < -0.3 is 14.8 Å². The molecule has 3 aliphatic carbocycles. The van der Waals surface area contributed by atoms with Crippen LogP contribution in [0.25, 0.3) is 0 Å². The normalized spacial score (nSPS) is 26.7. The van der Waals surface area contributed by atoms with E-state index < -0.39 is 17.3 Å². The second kappa shape index (κ2) is 8.22. The molecule has 2 amide bonds. The Morgan fingerprint density at radius 3 is 2.25 bits per heavy atom. The Balaban J connectivity index is 1.30. The van der Waals surface area contributed by atoms with Gasteiger partial charge in [0.15, 0.2) is 0 Å². The van der Waals surface area contributed by atoms with Gasteiger partial charge in [0, 0.05) is 17.5 Å². The van der Waals surface area contributed by atoms with Crippen LogP contribution in [0.4, 0.5) is 14.0 Å². The number of hydrogen-bond donors (Lipinski definition) is 1. The SMILES string of the molecule is CC(C)(C)OC(=O)NC12CC(C(C)(C)OC(=O)N3CCc4ccccc4[C@@H]3c3ccc(F)cc3)(C1)C2. The average molecular weight is 495 g/mol. The van der Waals surface area contributed by atoms with Crippen LogP contribution in [0.3, 0.4) is 0 Å². The molecule has 2 aromatic carbocycles. The number of nitrogens with zero attached hydrogens (tertiary/aromatic N) is 1. The summed E-state index contributed by atoms with van der Waals surface area (Å²) in [7, 11) is 0. The Morgan fingerprint density at radius 1 is 0.972 bits per heavy atom. The third-order valence-corrected chi connectivity index (χ3v) is 8.12. The highest BCUT2D eigenvalue weighted by Gasteiger charge is 2.75. The first-order valence-corrected chi connectivity index (χ1v) is 12.7. The summed E-state index contributed by atoms with van der Waals surface area (Å²) < 4.78 is 25.3. The van der Waals surface area contributed by atoms with Crippen LogP contribution in [0.5, 0.6) is 0 Å². The van der Waals surface area contributed by atoms with Crippen molar-refractivity contribution in [1.29, 1.82) is 0 Å². The Kier molecular flexibility index (Phi) is 5.61. The van der Waals surface area contributed by atoms with Crippen LogP contribution in [0.2, 0.25) is 0 Å². The Hall–Kier alpha value is -3.09. The third-order valence-electron chi connectivity index (χ3n) is 8.12. The van der Waals surface area contributed by atoms with Crippen molar-refractivity contribution >= 4 is 12.2 Å². The minimum atomic E-state index is -0.703. The Morgan fingerprint density at radius 2 is 1.61 bits per heavy atom. The van der Waals surface area contributed by atoms with Crippen LogP contribution in [0.15, 0.2) is 48.5 Å². The zero-order valence-electron chi connectivity index (χ0n) is 21.7. The zero-order valence-corrected chi connectivity index (χ0v) is 21.7. The van der Waals surface area contributed by atoms with Gasteiger partial charge in [-0.15, -0.1) is 0 Å². The summed E-state index contributed by atoms with van der Waals surface area (Å²) in [5.41, 5.74) is 1.38. The van der Waals surface area contributed by atoms with E-state index in [2.05, 4.69) is 11.4 Å². The van der Waals surface area contributed by atoms with Crippen LogP contribution in [-0.4, -0.2) is 40.4 Å². The standard InChI is InChI=1S/C29H35FN2O4/c1-26(2,3)35-24(33)31-29-16-28(17-29,18-29)27(4,5)36-25(34)32-15-14-19-8-6-7-9-22(19)23(32)20-10-12-21(30)13-11-20/h6-13,23H,14-18H2,1-5H3,(H,31,33)/t23-,28?,29?/m0/s1. The van der Waals surface area contributed by atoms with Gasteiger partial charge in [-0.1, -0.05) is 36.4 Å². The lowest BCUT2D eigenvalue weighted by Gasteiger charge is -2.74. The third kappa shape index (κ3) is 4.22. The molecule has 7 heteroatoms. The summed E-state index contributed by atoms with van der Waals surface area (Å²) in [6.07, 6.45) is 2.22. The molecule has 192 valence electrons. The molecular formula is C29H35FN2O4. The molecule has 36 heavy (non-hydrogen) atoms. The summed E-state index contributed by atoms with van der Waals surface area (Å²) in [5.74, 6) is -0.310. The maximum absolute atomic E-state index is 13.7. The predicted octanol–water partition coefficient (Wildman–Crippen LogP) is 6.14. The number of carbonyl (C=O) groups is 2. The molecule has 0 spiro atoms. The van der Waals surface area contributed by atoms with Crippen molar-refractivity contribution in [1.82, 2.24) is 10.2 Å². The number of benzene rings is 2. The van der Waals surface area contributed by atoms with Crippen LogP contribution >= 0.6 is 0 Å². The zero-order chi connectivity index (χ0) is 25.9. The molecule has 1 N–H and O–H groups in total. The van der Waals surface area contributed by atoms with E-state index in [9.17, 15) is 14.0 Å². The number of alkyl carbamates (subject to hydrolysis) is 1. The van der Waals surface area contributed by atoms with E-state index in [1.807, 2.05) is 52.8 Å². The lowest BCUT2D eigenvalue weighted by Crippen LogP contribution is -2.80. The van der Waals surface area contributed by atoms with E-state index in [-0.39, 0.29) is 28.9 Å². The lowest BCUT2D eigenvalue weighted by molar-refractivity contribution is -0.250. The fraction of sp³-hybridized carbons (Fsp3) is 0.517. The van der Waals surface area contributed by atoms with E-state index in [0.717, 1.165) is 36.8 Å². The van der Waals surface area contributed by atoms with Crippen molar-refractivity contribution in [3.8, 4) is 0 Å². The van der Waals surface area contributed by atoms with E-state index in [1.54, 1.807) is 17.0 Å². The number of nitrogens with one attached hydrogen (secondary N) is 1. The molecule has 2 aromatic rings. The summed E-state index contributed by atoms with van der Waals surface area (Å²) >= 11 is 0. The molecule has 0 aromatic heterocycles. The molecule has 0 saturated heterocycles. The lowest BCUT2D eigenvalue weighted by atomic mass is 9.35. The van der Waals surface area contributed by atoms with E-state index in [1.165, 1.54) is 17.7 Å². The number of amides is 2. The van der Waals surface area contributed by atoms with Crippen molar-refractivity contribution in [3.05, 3.63) is 71.0 Å². The van der Waals surface area contributed by atoms with Crippen LogP contribution in [0.1, 0.15) is 76.6 Å². The van der Waals surface area contributed by atoms with Gasteiger partial charge in [0.25, 0.3) is 0 Å². The molecular weight excluding hydrogens is 459 g/mol.